The topological polar surface area (TPSA) is 91.5 Å². The maximum atomic E-state index is 12.9. The molecule has 0 spiro atoms. The van der Waals surface area contributed by atoms with Gasteiger partial charge in [-0.1, -0.05) is 0 Å². The fraction of sp³-hybridized carbons (Fsp3) is 0.167. The molecule has 110 valence electrons. The molecule has 0 fully saturated rings. The van der Waals surface area contributed by atoms with Gasteiger partial charge < -0.3 is 25.3 Å². The van der Waals surface area contributed by atoms with E-state index in [4.69, 9.17) is 10.5 Å². The number of halogens is 2. The van der Waals surface area contributed by atoms with Crippen molar-refractivity contribution >= 4 is 17.2 Å². The molecule has 1 aliphatic rings. The molecule has 0 unspecified atom stereocenters. The van der Waals surface area contributed by atoms with Crippen LogP contribution in [0.2, 0.25) is 0 Å². The summed E-state index contributed by atoms with van der Waals surface area (Å²) in [6.45, 7) is 0. The van der Waals surface area contributed by atoms with Crippen molar-refractivity contribution in [3.8, 4) is 17.4 Å². The van der Waals surface area contributed by atoms with Crippen molar-refractivity contribution < 1.29 is 23.0 Å². The molecule has 0 saturated carbocycles. The SMILES string of the molecule is COc1ncnc(Nc2ccc3c(c2)OC(F)(F)O3)c1N. The van der Waals surface area contributed by atoms with E-state index in [-0.39, 0.29) is 28.9 Å². The van der Waals surface area contributed by atoms with E-state index in [9.17, 15) is 8.78 Å². The molecule has 0 radical (unpaired) electrons. The number of nitrogens with two attached hydrogens (primary N) is 1. The number of fused-ring (bicyclic) bond motifs is 1. The molecular weight excluding hydrogens is 286 g/mol. The number of ether oxygens (including phenoxy) is 3. The molecule has 0 bridgehead atoms. The molecule has 0 amide bonds. The summed E-state index contributed by atoms with van der Waals surface area (Å²) in [7, 11) is 1.42. The average molecular weight is 296 g/mol. The Morgan fingerprint density at radius 3 is 2.76 bits per heavy atom. The van der Waals surface area contributed by atoms with Crippen LogP contribution in [-0.2, 0) is 0 Å². The summed E-state index contributed by atoms with van der Waals surface area (Å²) in [5.74, 6) is 0.371. The largest absolute Gasteiger partial charge is 0.586 e. The lowest BCUT2D eigenvalue weighted by molar-refractivity contribution is -0.286. The normalized spacial score (nSPS) is 14.8. The Morgan fingerprint density at radius 1 is 1.24 bits per heavy atom. The first kappa shape index (κ1) is 13.2. The fourth-order valence-electron chi connectivity index (χ4n) is 1.81. The van der Waals surface area contributed by atoms with Crippen molar-refractivity contribution in [1.82, 2.24) is 9.97 Å². The predicted octanol–water partition coefficient (Wildman–Crippen LogP) is 2.13. The van der Waals surface area contributed by atoms with Crippen molar-refractivity contribution in [1.29, 1.82) is 0 Å². The molecule has 1 aromatic carbocycles. The zero-order chi connectivity index (χ0) is 15.0. The van der Waals surface area contributed by atoms with Crippen molar-refractivity contribution in [2.24, 2.45) is 0 Å². The predicted molar refractivity (Wildman–Crippen MR) is 68.9 cm³/mol. The summed E-state index contributed by atoms with van der Waals surface area (Å²) in [4.78, 5) is 7.79. The zero-order valence-corrected chi connectivity index (χ0v) is 10.8. The molecule has 1 aliphatic heterocycles. The first-order valence-electron chi connectivity index (χ1n) is 5.80. The van der Waals surface area contributed by atoms with Gasteiger partial charge in [-0.15, -0.1) is 8.78 Å². The van der Waals surface area contributed by atoms with Gasteiger partial charge in [-0.05, 0) is 12.1 Å². The van der Waals surface area contributed by atoms with E-state index in [0.717, 1.165) is 0 Å². The second kappa shape index (κ2) is 4.62. The van der Waals surface area contributed by atoms with Gasteiger partial charge in [0, 0.05) is 11.8 Å². The van der Waals surface area contributed by atoms with Gasteiger partial charge in [-0.3, -0.25) is 0 Å². The van der Waals surface area contributed by atoms with Crippen LogP contribution < -0.4 is 25.3 Å². The van der Waals surface area contributed by atoms with Crippen molar-refractivity contribution in [2.45, 2.75) is 6.29 Å². The average Bonchev–Trinajstić information content (AvgIpc) is 2.74. The summed E-state index contributed by atoms with van der Waals surface area (Å²) >= 11 is 0. The Morgan fingerprint density at radius 2 is 2.00 bits per heavy atom. The van der Waals surface area contributed by atoms with Gasteiger partial charge in [0.25, 0.3) is 0 Å². The van der Waals surface area contributed by atoms with E-state index in [1.807, 2.05) is 0 Å². The third-order valence-corrected chi connectivity index (χ3v) is 2.70. The van der Waals surface area contributed by atoms with E-state index < -0.39 is 6.29 Å². The van der Waals surface area contributed by atoms with Crippen LogP contribution in [0.3, 0.4) is 0 Å². The number of aromatic nitrogens is 2. The quantitative estimate of drug-likeness (QED) is 0.896. The molecule has 3 N–H and O–H groups in total. The third-order valence-electron chi connectivity index (χ3n) is 2.70. The van der Waals surface area contributed by atoms with Crippen LogP contribution in [0.5, 0.6) is 17.4 Å². The minimum Gasteiger partial charge on any atom is -0.479 e. The Bertz CT molecular complexity index is 696. The maximum Gasteiger partial charge on any atom is 0.586 e. The van der Waals surface area contributed by atoms with Gasteiger partial charge in [-0.25, -0.2) is 4.98 Å². The lowest BCUT2D eigenvalue weighted by Crippen LogP contribution is -2.25. The van der Waals surface area contributed by atoms with Crippen molar-refractivity contribution in [3.63, 3.8) is 0 Å². The van der Waals surface area contributed by atoms with Gasteiger partial charge >= 0.3 is 6.29 Å². The zero-order valence-electron chi connectivity index (χ0n) is 10.8. The standard InChI is InChI=1S/C12H10F2N4O3/c1-19-11-9(15)10(16-5-17-11)18-6-2-3-7-8(4-6)21-12(13,14)20-7/h2-5H,15H2,1H3,(H,16,17,18). The summed E-state index contributed by atoms with van der Waals surface area (Å²) in [6.07, 6.45) is -2.39. The molecule has 0 aliphatic carbocycles. The number of nitrogen functional groups attached to an aromatic ring is 1. The molecule has 9 heteroatoms. The highest BCUT2D eigenvalue weighted by molar-refractivity contribution is 5.73. The maximum absolute atomic E-state index is 12.9. The molecule has 0 saturated heterocycles. The fourth-order valence-corrected chi connectivity index (χ4v) is 1.81. The van der Waals surface area contributed by atoms with E-state index in [1.165, 1.54) is 31.6 Å². The number of alkyl halides is 2. The molecule has 1 aromatic heterocycles. The second-order valence-corrected chi connectivity index (χ2v) is 4.10. The minimum atomic E-state index is -3.65. The number of rotatable bonds is 3. The van der Waals surface area contributed by atoms with Gasteiger partial charge in [0.1, 0.15) is 12.0 Å². The van der Waals surface area contributed by atoms with E-state index in [0.29, 0.717) is 5.69 Å². The van der Waals surface area contributed by atoms with Gasteiger partial charge in [0.05, 0.1) is 7.11 Å². The summed E-state index contributed by atoms with van der Waals surface area (Å²) in [6, 6.07) is 4.23. The van der Waals surface area contributed by atoms with Crippen LogP contribution in [-0.4, -0.2) is 23.4 Å². The first-order chi connectivity index (χ1) is 9.98. The van der Waals surface area contributed by atoms with Crippen LogP contribution in [0.4, 0.5) is 26.0 Å². The van der Waals surface area contributed by atoms with Gasteiger partial charge in [0.2, 0.25) is 5.88 Å². The summed E-state index contributed by atoms with van der Waals surface area (Å²) in [5.41, 5.74) is 6.45. The highest BCUT2D eigenvalue weighted by Crippen LogP contribution is 2.42. The van der Waals surface area contributed by atoms with Crippen LogP contribution in [0.1, 0.15) is 0 Å². The number of methoxy groups -OCH3 is 1. The third kappa shape index (κ3) is 2.45. The Kier molecular flexibility index (Phi) is 2.89. The summed E-state index contributed by atoms with van der Waals surface area (Å²) in [5, 5.41) is 2.87. The second-order valence-electron chi connectivity index (χ2n) is 4.10. The van der Waals surface area contributed by atoms with E-state index in [1.54, 1.807) is 0 Å². The van der Waals surface area contributed by atoms with Crippen LogP contribution in [0, 0.1) is 0 Å². The van der Waals surface area contributed by atoms with Gasteiger partial charge in [0.15, 0.2) is 17.3 Å². The Hall–Kier alpha value is -2.84. The number of nitrogens with zero attached hydrogens (tertiary/aromatic N) is 2. The highest BCUT2D eigenvalue weighted by atomic mass is 19.3. The molecule has 3 rings (SSSR count). The monoisotopic (exact) mass is 296 g/mol. The van der Waals surface area contributed by atoms with Crippen molar-refractivity contribution in [3.05, 3.63) is 24.5 Å². The van der Waals surface area contributed by atoms with Crippen LogP contribution >= 0.6 is 0 Å². The molecule has 0 atom stereocenters. The number of hydrogen-bond donors (Lipinski definition) is 2. The van der Waals surface area contributed by atoms with Crippen LogP contribution in [0.25, 0.3) is 0 Å². The lowest BCUT2D eigenvalue weighted by atomic mass is 10.2. The number of anilines is 3. The highest BCUT2D eigenvalue weighted by Gasteiger charge is 2.43. The number of benzene rings is 1. The Balaban J connectivity index is 1.87. The minimum absolute atomic E-state index is 0.0428. The number of nitrogens with one attached hydrogen (secondary N) is 1. The van der Waals surface area contributed by atoms with E-state index in [2.05, 4.69) is 24.8 Å². The van der Waals surface area contributed by atoms with E-state index >= 15 is 0 Å². The lowest BCUT2D eigenvalue weighted by Gasteiger charge is -2.10. The summed E-state index contributed by atoms with van der Waals surface area (Å²) < 4.78 is 39.5. The van der Waals surface area contributed by atoms with Crippen molar-refractivity contribution in [2.75, 3.05) is 18.2 Å². The number of hydrogen-bond acceptors (Lipinski definition) is 7. The molecule has 2 aromatic rings. The molecule has 2 heterocycles. The first-order valence-corrected chi connectivity index (χ1v) is 5.80. The van der Waals surface area contributed by atoms with Crippen LogP contribution in [0.15, 0.2) is 24.5 Å². The Labute approximate surface area is 117 Å². The molecular formula is C12H10F2N4O3. The smallest absolute Gasteiger partial charge is 0.479 e. The van der Waals surface area contributed by atoms with Gasteiger partial charge in [-0.2, -0.15) is 4.98 Å². The molecule has 21 heavy (non-hydrogen) atoms. The molecule has 7 nitrogen and oxygen atoms in total.